The Morgan fingerprint density at radius 1 is 0.781 bits per heavy atom. The summed E-state index contributed by atoms with van der Waals surface area (Å²) in [7, 11) is 0. The van der Waals surface area contributed by atoms with Gasteiger partial charge in [0.15, 0.2) is 0 Å². The first-order valence-corrected chi connectivity index (χ1v) is 23.1. The minimum absolute atomic E-state index is 0.0222. The summed E-state index contributed by atoms with van der Waals surface area (Å²) in [5.74, 6) is 4.53. The van der Waals surface area contributed by atoms with E-state index >= 15 is 0 Å². The highest BCUT2D eigenvalue weighted by molar-refractivity contribution is 5.91. The molecule has 4 aromatic carbocycles. The van der Waals surface area contributed by atoms with Crippen LogP contribution in [0.25, 0.3) is 21.5 Å². The number of rotatable bonds is 18. The van der Waals surface area contributed by atoms with Gasteiger partial charge < -0.3 is 35.8 Å². The lowest BCUT2D eigenvalue weighted by Gasteiger charge is -2.31. The maximum atomic E-state index is 14.8. The third-order valence-electron chi connectivity index (χ3n) is 12.2. The molecule has 1 heterocycles. The molecule has 0 bridgehead atoms. The molecule has 0 aromatic heterocycles. The predicted octanol–water partition coefficient (Wildman–Crippen LogP) is 6.45. The first kappa shape index (κ1) is 48.0. The smallest absolute Gasteiger partial charge is 0.408 e. The molecule has 0 radical (unpaired) electrons. The van der Waals surface area contributed by atoms with Crippen LogP contribution in [0.4, 0.5) is 4.79 Å². The van der Waals surface area contributed by atoms with Gasteiger partial charge in [-0.15, -0.1) is 0 Å². The average Bonchev–Trinajstić information content (AvgIpc) is 3.28. The van der Waals surface area contributed by atoms with E-state index in [1.54, 1.807) is 20.8 Å². The number of aliphatic hydroxyl groups is 1. The molecule has 1 aliphatic carbocycles. The SMILES string of the molecule is CC(C)(C)OC(=O)NCC#CC[C@H](NC(=O)C(Cc1cccc2ccccc12)Cc1cccc2ccccc12)C(=O)N[C@@H](CC1CCCCC1)[C@@H](O)CC(=O)NCCN1CCOCC1. The van der Waals surface area contributed by atoms with Crippen LogP contribution in [-0.2, 0) is 36.7 Å². The second kappa shape index (κ2) is 24.0. The van der Waals surface area contributed by atoms with Crippen molar-refractivity contribution in [2.45, 2.75) is 109 Å². The molecule has 0 unspecified atom stereocenters. The normalized spacial score (nSPS) is 16.3. The number of nitrogens with one attached hydrogen (secondary N) is 4. The Labute approximate surface area is 378 Å². The summed E-state index contributed by atoms with van der Waals surface area (Å²) in [6.07, 6.45) is 4.59. The van der Waals surface area contributed by atoms with Crippen LogP contribution in [0.2, 0.25) is 0 Å². The molecule has 12 heteroatoms. The molecule has 12 nitrogen and oxygen atoms in total. The van der Waals surface area contributed by atoms with E-state index < -0.39 is 41.7 Å². The van der Waals surface area contributed by atoms with Crippen molar-refractivity contribution in [3.8, 4) is 11.8 Å². The van der Waals surface area contributed by atoms with Gasteiger partial charge in [-0.3, -0.25) is 19.3 Å². The van der Waals surface area contributed by atoms with Crippen LogP contribution >= 0.6 is 0 Å². The standard InChI is InChI=1S/C52H67N5O7/c1-52(2,3)64-51(62)54-26-12-11-25-45(50(61)56-46(33-37-15-5-4-6-16-37)47(58)36-48(59)53-27-28-57-29-31-63-32-30-57)55-49(60)42(34-40-21-13-19-38-17-7-9-23-43(38)40)35-41-22-14-20-39-18-8-10-24-44(39)41/h7-10,13-14,17-24,37,42,45-47,58H,4-6,15-16,25-36H2,1-3H3,(H,53,59)(H,54,62)(H,55,60)(H,56,61)/t45-,46-,47-/m0/s1. The molecule has 5 N–H and O–H groups in total. The summed E-state index contributed by atoms with van der Waals surface area (Å²) in [6.45, 7) is 9.38. The molecule has 4 amide bonds. The van der Waals surface area contributed by atoms with E-state index in [1.165, 1.54) is 0 Å². The molecule has 4 aromatic rings. The van der Waals surface area contributed by atoms with Crippen molar-refractivity contribution in [2.75, 3.05) is 45.9 Å². The minimum Gasteiger partial charge on any atom is -0.444 e. The highest BCUT2D eigenvalue weighted by Gasteiger charge is 2.32. The Morgan fingerprint density at radius 2 is 1.39 bits per heavy atom. The van der Waals surface area contributed by atoms with Crippen LogP contribution in [0.1, 0.15) is 83.3 Å². The predicted molar refractivity (Wildman–Crippen MR) is 251 cm³/mol. The van der Waals surface area contributed by atoms with Gasteiger partial charge in [-0.05, 0) is 78.6 Å². The number of aliphatic hydroxyl groups excluding tert-OH is 1. The van der Waals surface area contributed by atoms with E-state index in [9.17, 15) is 24.3 Å². The monoisotopic (exact) mass is 874 g/mol. The summed E-state index contributed by atoms with van der Waals surface area (Å²) in [5.41, 5.74) is 1.36. The lowest BCUT2D eigenvalue weighted by molar-refractivity contribution is -0.132. The average molecular weight is 874 g/mol. The molecule has 1 saturated carbocycles. The second-order valence-corrected chi connectivity index (χ2v) is 18.3. The van der Waals surface area contributed by atoms with E-state index in [2.05, 4.69) is 86.5 Å². The zero-order valence-corrected chi connectivity index (χ0v) is 37.8. The fourth-order valence-electron chi connectivity index (χ4n) is 8.86. The number of morpholine rings is 1. The first-order valence-electron chi connectivity index (χ1n) is 23.1. The van der Waals surface area contributed by atoms with Crippen LogP contribution < -0.4 is 21.3 Å². The van der Waals surface area contributed by atoms with Gasteiger partial charge in [-0.1, -0.05) is 129 Å². The van der Waals surface area contributed by atoms with Crippen LogP contribution in [0.15, 0.2) is 84.9 Å². The van der Waals surface area contributed by atoms with E-state index in [0.717, 1.165) is 77.9 Å². The Balaban J connectivity index is 1.23. The van der Waals surface area contributed by atoms with Crippen molar-refractivity contribution in [3.63, 3.8) is 0 Å². The van der Waals surface area contributed by atoms with Crippen LogP contribution in [0.5, 0.6) is 0 Å². The number of nitrogens with zero attached hydrogens (tertiary/aromatic N) is 1. The molecule has 2 fully saturated rings. The van der Waals surface area contributed by atoms with Crippen LogP contribution in [0, 0.1) is 23.7 Å². The first-order chi connectivity index (χ1) is 30.9. The van der Waals surface area contributed by atoms with Crippen LogP contribution in [-0.4, -0.2) is 104 Å². The van der Waals surface area contributed by atoms with Crippen molar-refractivity contribution in [2.24, 2.45) is 11.8 Å². The fourth-order valence-corrected chi connectivity index (χ4v) is 8.86. The maximum Gasteiger partial charge on any atom is 0.408 e. The van der Waals surface area contributed by atoms with E-state index in [0.29, 0.717) is 45.6 Å². The van der Waals surface area contributed by atoms with E-state index in [4.69, 9.17) is 9.47 Å². The fraction of sp³-hybridized carbons (Fsp3) is 0.500. The summed E-state index contributed by atoms with van der Waals surface area (Å²) in [4.78, 5) is 57.1. The second-order valence-electron chi connectivity index (χ2n) is 18.3. The lowest BCUT2D eigenvalue weighted by Crippen LogP contribution is -2.54. The molecule has 342 valence electrons. The Morgan fingerprint density at radius 3 is 2.02 bits per heavy atom. The number of benzene rings is 4. The number of hydrogen-bond acceptors (Lipinski definition) is 8. The molecule has 64 heavy (non-hydrogen) atoms. The Kier molecular flexibility index (Phi) is 18.0. The van der Waals surface area contributed by atoms with E-state index in [-0.39, 0.29) is 37.1 Å². The molecule has 6 rings (SSSR count). The highest BCUT2D eigenvalue weighted by atomic mass is 16.6. The van der Waals surface area contributed by atoms with Crippen LogP contribution in [0.3, 0.4) is 0 Å². The number of hydrogen-bond donors (Lipinski definition) is 5. The summed E-state index contributed by atoms with van der Waals surface area (Å²) >= 11 is 0. The van der Waals surface area contributed by atoms with Gasteiger partial charge >= 0.3 is 6.09 Å². The van der Waals surface area contributed by atoms with Gasteiger partial charge in [0.25, 0.3) is 0 Å². The molecule has 1 saturated heterocycles. The topological polar surface area (TPSA) is 158 Å². The quantitative estimate of drug-likeness (QED) is 0.0715. The van der Waals surface area contributed by atoms with Gasteiger partial charge in [0, 0.05) is 38.5 Å². The molecule has 3 atom stereocenters. The summed E-state index contributed by atoms with van der Waals surface area (Å²) < 4.78 is 10.8. The Hall–Kier alpha value is -5.48. The Bertz CT molecular complexity index is 2140. The third kappa shape index (κ3) is 15.1. The third-order valence-corrected chi connectivity index (χ3v) is 12.2. The van der Waals surface area contributed by atoms with Gasteiger partial charge in [0.05, 0.1) is 38.3 Å². The molecule has 0 spiro atoms. The number of carbonyl (C=O) groups is 4. The highest BCUT2D eigenvalue weighted by Crippen LogP contribution is 2.29. The zero-order chi connectivity index (χ0) is 45.3. The van der Waals surface area contributed by atoms with Crippen molar-refractivity contribution in [1.82, 2.24) is 26.2 Å². The van der Waals surface area contributed by atoms with E-state index in [1.807, 2.05) is 36.4 Å². The number of fused-ring (bicyclic) bond motifs is 2. The molecule has 1 aliphatic heterocycles. The van der Waals surface area contributed by atoms with Crippen molar-refractivity contribution in [3.05, 3.63) is 96.1 Å². The number of ether oxygens (including phenoxy) is 2. The molecule has 2 aliphatic rings. The molecular formula is C52H67N5O7. The van der Waals surface area contributed by atoms with Gasteiger partial charge in [-0.2, -0.15) is 0 Å². The summed E-state index contributed by atoms with van der Waals surface area (Å²) in [5, 5.41) is 27.7. The van der Waals surface area contributed by atoms with Gasteiger partial charge in [-0.25, -0.2) is 4.79 Å². The zero-order valence-electron chi connectivity index (χ0n) is 37.8. The maximum absolute atomic E-state index is 14.8. The van der Waals surface area contributed by atoms with Crippen molar-refractivity contribution < 1.29 is 33.8 Å². The van der Waals surface area contributed by atoms with Crippen molar-refractivity contribution >= 4 is 45.4 Å². The van der Waals surface area contributed by atoms with Gasteiger partial charge in [0.2, 0.25) is 17.7 Å². The number of alkyl carbamates (subject to hydrolysis) is 1. The minimum atomic E-state index is -1.15. The van der Waals surface area contributed by atoms with Gasteiger partial charge in [0.1, 0.15) is 11.6 Å². The number of amides is 4. The largest absolute Gasteiger partial charge is 0.444 e. The number of carbonyl (C=O) groups excluding carboxylic acids is 4. The summed E-state index contributed by atoms with van der Waals surface area (Å²) in [6, 6.07) is 26.6. The lowest BCUT2D eigenvalue weighted by atomic mass is 9.83. The van der Waals surface area contributed by atoms with Crippen molar-refractivity contribution in [1.29, 1.82) is 0 Å². The molecular weight excluding hydrogens is 807 g/mol.